The molecule has 0 radical (unpaired) electrons. The van der Waals surface area contributed by atoms with Crippen LogP contribution in [0.5, 0.6) is 0 Å². The van der Waals surface area contributed by atoms with Crippen molar-refractivity contribution in [3.05, 3.63) is 75.5 Å². The van der Waals surface area contributed by atoms with E-state index < -0.39 is 27.2 Å². The van der Waals surface area contributed by atoms with E-state index in [4.69, 9.17) is 5.73 Å². The SMILES string of the molecule is CC(C)(CNC(=O)c1cc(Cc2n[nH]c(=O)c3ccccc23)ccc1F)CNS(=O)(=O)CCN. The molecule has 0 spiro atoms. The van der Waals surface area contributed by atoms with E-state index in [0.29, 0.717) is 22.0 Å². The highest BCUT2D eigenvalue weighted by molar-refractivity contribution is 7.89. The first kappa shape index (κ1) is 25.5. The summed E-state index contributed by atoms with van der Waals surface area (Å²) in [5.41, 5.74) is 5.48. The van der Waals surface area contributed by atoms with Crippen LogP contribution in [0.25, 0.3) is 10.8 Å². The lowest BCUT2D eigenvalue weighted by atomic mass is 9.93. The molecule has 0 aliphatic carbocycles. The van der Waals surface area contributed by atoms with E-state index in [-0.39, 0.29) is 42.9 Å². The molecular formula is C23H28FN5O4S. The molecule has 0 aliphatic rings. The van der Waals surface area contributed by atoms with E-state index >= 15 is 0 Å². The lowest BCUT2D eigenvalue weighted by Gasteiger charge is -2.25. The molecule has 0 aliphatic heterocycles. The van der Waals surface area contributed by atoms with Crippen molar-refractivity contribution < 1.29 is 17.6 Å². The van der Waals surface area contributed by atoms with Gasteiger partial charge in [-0.15, -0.1) is 0 Å². The number of sulfonamides is 1. The second-order valence-corrected chi connectivity index (χ2v) is 10.7. The van der Waals surface area contributed by atoms with Gasteiger partial charge in [0.05, 0.1) is 22.4 Å². The third-order valence-electron chi connectivity index (χ3n) is 5.31. The molecule has 1 amide bonds. The maximum absolute atomic E-state index is 14.4. The Bertz CT molecular complexity index is 1350. The Morgan fingerprint density at radius 3 is 2.56 bits per heavy atom. The fourth-order valence-corrected chi connectivity index (χ4v) is 4.43. The first-order valence-corrected chi connectivity index (χ1v) is 12.4. The third kappa shape index (κ3) is 6.46. The quantitative estimate of drug-likeness (QED) is 0.337. The number of aromatic amines is 1. The molecule has 2 aromatic carbocycles. The van der Waals surface area contributed by atoms with Crippen LogP contribution in [0.3, 0.4) is 0 Å². The maximum atomic E-state index is 14.4. The van der Waals surface area contributed by atoms with Crippen molar-refractivity contribution in [1.82, 2.24) is 20.2 Å². The van der Waals surface area contributed by atoms with Gasteiger partial charge in [-0.25, -0.2) is 22.6 Å². The number of H-pyrrole nitrogens is 1. The number of aromatic nitrogens is 2. The zero-order valence-corrected chi connectivity index (χ0v) is 19.8. The highest BCUT2D eigenvalue weighted by atomic mass is 32.2. The lowest BCUT2D eigenvalue weighted by Crippen LogP contribution is -2.43. The highest BCUT2D eigenvalue weighted by Gasteiger charge is 2.23. The summed E-state index contributed by atoms with van der Waals surface area (Å²) in [7, 11) is -3.49. The number of hydrogen-bond donors (Lipinski definition) is 4. The second-order valence-electron chi connectivity index (χ2n) is 8.81. The summed E-state index contributed by atoms with van der Waals surface area (Å²) < 4.78 is 40.5. The number of nitrogens with two attached hydrogens (primary N) is 1. The monoisotopic (exact) mass is 489 g/mol. The molecule has 11 heteroatoms. The van der Waals surface area contributed by atoms with E-state index in [1.54, 1.807) is 44.2 Å². The van der Waals surface area contributed by atoms with Crippen LogP contribution in [0.15, 0.2) is 47.3 Å². The number of amides is 1. The van der Waals surface area contributed by atoms with Crippen LogP contribution in [0.2, 0.25) is 0 Å². The molecule has 0 atom stereocenters. The predicted octanol–water partition coefficient (Wildman–Crippen LogP) is 1.29. The average Bonchev–Trinajstić information content (AvgIpc) is 2.80. The average molecular weight is 490 g/mol. The molecule has 0 saturated heterocycles. The van der Waals surface area contributed by atoms with E-state index in [2.05, 4.69) is 20.2 Å². The summed E-state index contributed by atoms with van der Waals surface area (Å²) in [6.45, 7) is 3.76. The molecule has 0 fully saturated rings. The highest BCUT2D eigenvalue weighted by Crippen LogP contribution is 2.19. The number of nitrogens with one attached hydrogen (secondary N) is 3. The van der Waals surface area contributed by atoms with Crippen molar-refractivity contribution >= 4 is 26.7 Å². The Hall–Kier alpha value is -3.15. The molecule has 1 aromatic heterocycles. The number of rotatable bonds is 10. The maximum Gasteiger partial charge on any atom is 0.272 e. The standard InChI is InChI=1S/C23H28FN5O4S/c1-23(2,14-27-34(32,33)10-9-25)13-26-21(30)18-11-15(7-8-19(18)24)12-20-16-5-3-4-6-17(16)22(31)29-28-20/h3-8,11,27H,9-10,12-14,25H2,1-2H3,(H,26,30)(H,29,31). The minimum absolute atomic E-state index is 0.00644. The van der Waals surface area contributed by atoms with Crippen LogP contribution < -0.4 is 21.3 Å². The topological polar surface area (TPSA) is 147 Å². The largest absolute Gasteiger partial charge is 0.351 e. The number of carbonyl (C=O) groups is 1. The molecule has 0 bridgehead atoms. The number of nitrogens with zero attached hydrogens (tertiary/aromatic N) is 1. The van der Waals surface area contributed by atoms with Gasteiger partial charge in [-0.1, -0.05) is 38.1 Å². The molecule has 5 N–H and O–H groups in total. The van der Waals surface area contributed by atoms with Gasteiger partial charge in [0.1, 0.15) is 5.82 Å². The molecule has 3 aromatic rings. The van der Waals surface area contributed by atoms with Crippen molar-refractivity contribution in [2.45, 2.75) is 20.3 Å². The molecule has 0 unspecified atom stereocenters. The predicted molar refractivity (Wildman–Crippen MR) is 129 cm³/mol. The van der Waals surface area contributed by atoms with Crippen molar-refractivity contribution in [1.29, 1.82) is 0 Å². The first-order chi connectivity index (χ1) is 16.0. The molecule has 3 rings (SSSR count). The lowest BCUT2D eigenvalue weighted by molar-refractivity contribution is 0.0933. The van der Waals surface area contributed by atoms with Gasteiger partial charge in [0.15, 0.2) is 0 Å². The van der Waals surface area contributed by atoms with Crippen LogP contribution in [0.1, 0.15) is 35.5 Å². The van der Waals surface area contributed by atoms with Crippen LogP contribution in [0, 0.1) is 11.2 Å². The molecule has 182 valence electrons. The van der Waals surface area contributed by atoms with E-state index in [0.717, 1.165) is 0 Å². The minimum Gasteiger partial charge on any atom is -0.351 e. The van der Waals surface area contributed by atoms with Crippen molar-refractivity contribution in [3.8, 4) is 0 Å². The molecule has 1 heterocycles. The van der Waals surface area contributed by atoms with E-state index in [1.807, 2.05) is 0 Å². The zero-order valence-electron chi connectivity index (χ0n) is 19.0. The first-order valence-electron chi connectivity index (χ1n) is 10.7. The number of benzene rings is 2. The summed E-state index contributed by atoms with van der Waals surface area (Å²) in [5.74, 6) is -1.48. The molecular weight excluding hydrogens is 461 g/mol. The van der Waals surface area contributed by atoms with Gasteiger partial charge in [-0.2, -0.15) is 5.10 Å². The molecule has 34 heavy (non-hydrogen) atoms. The van der Waals surface area contributed by atoms with Gasteiger partial charge >= 0.3 is 0 Å². The Labute approximate surface area is 197 Å². The van der Waals surface area contributed by atoms with Gasteiger partial charge in [0.25, 0.3) is 11.5 Å². The van der Waals surface area contributed by atoms with E-state index in [9.17, 15) is 22.4 Å². The number of carbonyl (C=O) groups excluding carboxylic acids is 1. The van der Waals surface area contributed by atoms with Gasteiger partial charge in [0, 0.05) is 31.4 Å². The van der Waals surface area contributed by atoms with Gasteiger partial charge < -0.3 is 11.1 Å². The van der Waals surface area contributed by atoms with Gasteiger partial charge in [-0.3, -0.25) is 9.59 Å². The Morgan fingerprint density at radius 2 is 1.85 bits per heavy atom. The van der Waals surface area contributed by atoms with Crippen LogP contribution in [0.4, 0.5) is 4.39 Å². The fraction of sp³-hybridized carbons (Fsp3) is 0.348. The van der Waals surface area contributed by atoms with Crippen LogP contribution in [-0.4, -0.2) is 49.9 Å². The third-order valence-corrected chi connectivity index (χ3v) is 6.66. The molecule has 0 saturated carbocycles. The number of fused-ring (bicyclic) bond motifs is 1. The van der Waals surface area contributed by atoms with Crippen molar-refractivity contribution in [2.75, 3.05) is 25.4 Å². The Kier molecular flexibility index (Phi) is 7.80. The van der Waals surface area contributed by atoms with E-state index in [1.165, 1.54) is 12.1 Å². The van der Waals surface area contributed by atoms with Crippen molar-refractivity contribution in [2.24, 2.45) is 11.1 Å². The normalized spacial score (nSPS) is 12.1. The van der Waals surface area contributed by atoms with Crippen molar-refractivity contribution in [3.63, 3.8) is 0 Å². The number of halogens is 1. The zero-order chi connectivity index (χ0) is 24.9. The summed E-state index contributed by atoms with van der Waals surface area (Å²) in [4.78, 5) is 24.7. The minimum atomic E-state index is -3.49. The Balaban J connectivity index is 1.72. The molecule has 9 nitrogen and oxygen atoms in total. The smallest absolute Gasteiger partial charge is 0.272 e. The Morgan fingerprint density at radius 1 is 1.15 bits per heavy atom. The van der Waals surface area contributed by atoms with Crippen LogP contribution in [-0.2, 0) is 16.4 Å². The van der Waals surface area contributed by atoms with Crippen LogP contribution >= 0.6 is 0 Å². The second kappa shape index (κ2) is 10.4. The number of hydrogen-bond acceptors (Lipinski definition) is 6. The summed E-state index contributed by atoms with van der Waals surface area (Å²) >= 11 is 0. The summed E-state index contributed by atoms with van der Waals surface area (Å²) in [6, 6.07) is 11.3. The van der Waals surface area contributed by atoms with Gasteiger partial charge in [0.2, 0.25) is 10.0 Å². The summed E-state index contributed by atoms with van der Waals surface area (Å²) in [6.07, 6.45) is 0.284. The fourth-order valence-electron chi connectivity index (χ4n) is 3.37. The summed E-state index contributed by atoms with van der Waals surface area (Å²) in [5, 5.41) is 10.4. The van der Waals surface area contributed by atoms with Gasteiger partial charge in [-0.05, 0) is 29.2 Å².